The van der Waals surface area contributed by atoms with Gasteiger partial charge >= 0.3 is 0 Å². The highest BCUT2D eigenvalue weighted by Crippen LogP contribution is 2.25. The van der Waals surface area contributed by atoms with Crippen LogP contribution in [0.25, 0.3) is 0 Å². The molecule has 2 aliphatic rings. The van der Waals surface area contributed by atoms with E-state index >= 15 is 0 Å². The molecule has 2 aliphatic heterocycles. The molecular formula is C15H28N2O. The minimum atomic E-state index is 0.235. The quantitative estimate of drug-likeness (QED) is 0.837. The van der Waals surface area contributed by atoms with E-state index in [9.17, 15) is 4.79 Å². The van der Waals surface area contributed by atoms with Gasteiger partial charge < -0.3 is 10.2 Å². The average molecular weight is 252 g/mol. The molecule has 2 rings (SSSR count). The molecule has 0 aliphatic carbocycles. The van der Waals surface area contributed by atoms with Crippen molar-refractivity contribution in [2.75, 3.05) is 13.1 Å². The number of carbonyl (C=O) groups is 1. The molecule has 0 bridgehead atoms. The molecule has 3 atom stereocenters. The van der Waals surface area contributed by atoms with Crippen molar-refractivity contribution in [1.82, 2.24) is 10.2 Å². The van der Waals surface area contributed by atoms with Crippen LogP contribution >= 0.6 is 0 Å². The Balaban J connectivity index is 1.93. The highest BCUT2D eigenvalue weighted by atomic mass is 16.2. The normalized spacial score (nSPS) is 33.4. The topological polar surface area (TPSA) is 32.3 Å². The van der Waals surface area contributed by atoms with Crippen LogP contribution in [0.15, 0.2) is 0 Å². The lowest BCUT2D eigenvalue weighted by Gasteiger charge is -2.39. The lowest BCUT2D eigenvalue weighted by Crippen LogP contribution is -2.50. The summed E-state index contributed by atoms with van der Waals surface area (Å²) in [5.41, 5.74) is 0. The van der Waals surface area contributed by atoms with Crippen LogP contribution in [0.2, 0.25) is 0 Å². The lowest BCUT2D eigenvalue weighted by atomic mass is 9.91. The standard InChI is InChI=1S/C15H28N2O/c1-3-6-14-7-4-5-10-17(14)15(18)13-9-8-12(2)16-11-13/h12-14,16H,3-11H2,1-2H3. The van der Waals surface area contributed by atoms with Gasteiger partial charge in [-0.25, -0.2) is 0 Å². The van der Waals surface area contributed by atoms with E-state index in [2.05, 4.69) is 24.1 Å². The third-order valence-electron chi connectivity index (χ3n) is 4.54. The smallest absolute Gasteiger partial charge is 0.227 e. The van der Waals surface area contributed by atoms with Gasteiger partial charge in [-0.05, 0) is 45.4 Å². The molecule has 104 valence electrons. The number of piperidine rings is 2. The van der Waals surface area contributed by atoms with Gasteiger partial charge in [0.05, 0.1) is 5.92 Å². The third kappa shape index (κ3) is 3.25. The Hall–Kier alpha value is -0.570. The number of nitrogens with zero attached hydrogens (tertiary/aromatic N) is 1. The van der Waals surface area contributed by atoms with E-state index in [0.717, 1.165) is 25.9 Å². The monoisotopic (exact) mass is 252 g/mol. The molecule has 1 amide bonds. The molecular weight excluding hydrogens is 224 g/mol. The average Bonchev–Trinajstić information content (AvgIpc) is 2.40. The van der Waals surface area contributed by atoms with E-state index in [4.69, 9.17) is 0 Å². The number of likely N-dealkylation sites (tertiary alicyclic amines) is 1. The maximum absolute atomic E-state index is 12.6. The maximum atomic E-state index is 12.6. The van der Waals surface area contributed by atoms with Crippen molar-refractivity contribution in [3.63, 3.8) is 0 Å². The highest BCUT2D eigenvalue weighted by molar-refractivity contribution is 5.79. The van der Waals surface area contributed by atoms with Gasteiger partial charge in [0.2, 0.25) is 5.91 Å². The molecule has 3 unspecified atom stereocenters. The molecule has 0 spiro atoms. The summed E-state index contributed by atoms with van der Waals surface area (Å²) in [4.78, 5) is 14.8. The number of rotatable bonds is 3. The van der Waals surface area contributed by atoms with Crippen molar-refractivity contribution < 1.29 is 4.79 Å². The van der Waals surface area contributed by atoms with Crippen molar-refractivity contribution in [1.29, 1.82) is 0 Å². The molecule has 18 heavy (non-hydrogen) atoms. The van der Waals surface area contributed by atoms with Crippen molar-refractivity contribution in [2.45, 2.75) is 70.9 Å². The van der Waals surface area contributed by atoms with Gasteiger partial charge in [0.25, 0.3) is 0 Å². The Morgan fingerprint density at radius 3 is 2.78 bits per heavy atom. The van der Waals surface area contributed by atoms with Gasteiger partial charge in [0.1, 0.15) is 0 Å². The molecule has 0 radical (unpaired) electrons. The summed E-state index contributed by atoms with van der Waals surface area (Å²) in [6.07, 6.45) is 8.30. The van der Waals surface area contributed by atoms with Crippen LogP contribution in [0.3, 0.4) is 0 Å². The molecule has 2 saturated heterocycles. The van der Waals surface area contributed by atoms with Crippen LogP contribution in [0, 0.1) is 5.92 Å². The Bertz CT molecular complexity index is 270. The van der Waals surface area contributed by atoms with E-state index in [1.54, 1.807) is 0 Å². The summed E-state index contributed by atoms with van der Waals surface area (Å²) in [6, 6.07) is 1.11. The first kappa shape index (κ1) is 13.9. The lowest BCUT2D eigenvalue weighted by molar-refractivity contribution is -0.140. The van der Waals surface area contributed by atoms with E-state index in [1.807, 2.05) is 0 Å². The van der Waals surface area contributed by atoms with Crippen LogP contribution < -0.4 is 5.32 Å². The molecule has 3 nitrogen and oxygen atoms in total. The predicted octanol–water partition coefficient (Wildman–Crippen LogP) is 2.56. The Morgan fingerprint density at radius 1 is 1.28 bits per heavy atom. The molecule has 0 aromatic rings. The Morgan fingerprint density at radius 2 is 2.11 bits per heavy atom. The number of hydrogen-bond donors (Lipinski definition) is 1. The van der Waals surface area contributed by atoms with Crippen LogP contribution in [-0.4, -0.2) is 36.0 Å². The van der Waals surface area contributed by atoms with Gasteiger partial charge in [-0.15, -0.1) is 0 Å². The molecule has 0 aromatic heterocycles. The predicted molar refractivity (Wildman–Crippen MR) is 74.4 cm³/mol. The zero-order valence-corrected chi connectivity index (χ0v) is 12.0. The van der Waals surface area contributed by atoms with Crippen LogP contribution in [-0.2, 0) is 4.79 Å². The summed E-state index contributed by atoms with van der Waals surface area (Å²) in [6.45, 7) is 6.31. The van der Waals surface area contributed by atoms with E-state index in [0.29, 0.717) is 18.0 Å². The van der Waals surface area contributed by atoms with E-state index < -0.39 is 0 Å². The van der Waals surface area contributed by atoms with Gasteiger partial charge in [0.15, 0.2) is 0 Å². The fourth-order valence-electron chi connectivity index (χ4n) is 3.37. The summed E-state index contributed by atoms with van der Waals surface area (Å²) < 4.78 is 0. The summed E-state index contributed by atoms with van der Waals surface area (Å²) in [5.74, 6) is 0.659. The molecule has 0 saturated carbocycles. The number of amides is 1. The first-order chi connectivity index (χ1) is 8.72. The zero-order valence-electron chi connectivity index (χ0n) is 12.0. The molecule has 3 heteroatoms. The fraction of sp³-hybridized carbons (Fsp3) is 0.933. The van der Waals surface area contributed by atoms with Gasteiger partial charge in [-0.3, -0.25) is 4.79 Å². The molecule has 2 heterocycles. The van der Waals surface area contributed by atoms with Gasteiger partial charge in [-0.1, -0.05) is 13.3 Å². The molecule has 1 N–H and O–H groups in total. The number of carbonyl (C=O) groups excluding carboxylic acids is 1. The van der Waals surface area contributed by atoms with Crippen molar-refractivity contribution in [3.05, 3.63) is 0 Å². The Labute approximate surface area is 111 Å². The first-order valence-electron chi connectivity index (χ1n) is 7.76. The second-order valence-electron chi connectivity index (χ2n) is 6.05. The largest absolute Gasteiger partial charge is 0.339 e. The SMILES string of the molecule is CCCC1CCCCN1C(=O)C1CCC(C)NC1. The van der Waals surface area contributed by atoms with Crippen molar-refractivity contribution in [2.24, 2.45) is 5.92 Å². The Kier molecular flexibility index (Phi) is 5.04. The third-order valence-corrected chi connectivity index (χ3v) is 4.54. The minimum absolute atomic E-state index is 0.235. The summed E-state index contributed by atoms with van der Waals surface area (Å²) >= 11 is 0. The second-order valence-corrected chi connectivity index (χ2v) is 6.05. The molecule has 2 fully saturated rings. The van der Waals surface area contributed by atoms with Crippen LogP contribution in [0.4, 0.5) is 0 Å². The highest BCUT2D eigenvalue weighted by Gasteiger charge is 2.32. The first-order valence-corrected chi connectivity index (χ1v) is 7.76. The van der Waals surface area contributed by atoms with Crippen LogP contribution in [0.1, 0.15) is 58.8 Å². The minimum Gasteiger partial charge on any atom is -0.339 e. The van der Waals surface area contributed by atoms with Crippen molar-refractivity contribution in [3.8, 4) is 0 Å². The summed E-state index contributed by atoms with van der Waals surface area (Å²) in [7, 11) is 0. The van der Waals surface area contributed by atoms with Gasteiger partial charge in [-0.2, -0.15) is 0 Å². The second kappa shape index (κ2) is 6.55. The van der Waals surface area contributed by atoms with Gasteiger partial charge in [0, 0.05) is 25.2 Å². The number of nitrogens with one attached hydrogen (secondary N) is 1. The van der Waals surface area contributed by atoms with Crippen molar-refractivity contribution >= 4 is 5.91 Å². The van der Waals surface area contributed by atoms with E-state index in [-0.39, 0.29) is 5.92 Å². The summed E-state index contributed by atoms with van der Waals surface area (Å²) in [5, 5.41) is 3.45. The van der Waals surface area contributed by atoms with Crippen LogP contribution in [0.5, 0.6) is 0 Å². The zero-order chi connectivity index (χ0) is 13.0. The maximum Gasteiger partial charge on any atom is 0.227 e. The fourth-order valence-corrected chi connectivity index (χ4v) is 3.37. The number of hydrogen-bond acceptors (Lipinski definition) is 2. The van der Waals surface area contributed by atoms with E-state index in [1.165, 1.54) is 32.1 Å². The molecule has 0 aromatic carbocycles.